The second-order valence-electron chi connectivity index (χ2n) is 5.55. The van der Waals surface area contributed by atoms with Gasteiger partial charge in [0.05, 0.1) is 10.7 Å². The van der Waals surface area contributed by atoms with E-state index in [9.17, 15) is 17.8 Å². The number of carbonyl (C=O) groups excluding carboxylic acids is 1. The molecule has 0 bridgehead atoms. The number of ether oxygens (including phenoxy) is 2. The summed E-state index contributed by atoms with van der Waals surface area (Å²) < 4.78 is 44.2. The summed E-state index contributed by atoms with van der Waals surface area (Å²) in [5.74, 6) is -2.78. The maximum absolute atomic E-state index is 12.0. The summed E-state index contributed by atoms with van der Waals surface area (Å²) in [6, 6.07) is 0. The van der Waals surface area contributed by atoms with Crippen molar-refractivity contribution < 1.29 is 27.2 Å². The van der Waals surface area contributed by atoms with Crippen molar-refractivity contribution in [3.05, 3.63) is 12.2 Å². The molecular weight excluding hydrogens is 322 g/mol. The van der Waals surface area contributed by atoms with Crippen molar-refractivity contribution in [2.24, 2.45) is 11.1 Å². The fourth-order valence-electron chi connectivity index (χ4n) is 3.02. The Balaban J connectivity index is 6.27. The van der Waals surface area contributed by atoms with Gasteiger partial charge in [-0.3, -0.25) is 10.3 Å². The van der Waals surface area contributed by atoms with E-state index in [1.807, 2.05) is 0 Å². The predicted octanol–water partition coefficient (Wildman–Crippen LogP) is 2.23. The Labute approximate surface area is 139 Å². The quantitative estimate of drug-likeness (QED) is 0.268. The zero-order chi connectivity index (χ0) is 18.5. The molecule has 136 valence electrons. The van der Waals surface area contributed by atoms with Crippen LogP contribution in [0.2, 0.25) is 0 Å². The Bertz CT molecular complexity index is 526. The Kier molecular flexibility index (Phi) is 7.89. The molecule has 0 rings (SSSR count). The minimum absolute atomic E-state index is 0.0944. The van der Waals surface area contributed by atoms with Crippen molar-refractivity contribution >= 4 is 16.1 Å². The molecule has 7 nitrogen and oxygen atoms in total. The van der Waals surface area contributed by atoms with E-state index >= 15 is 0 Å². The van der Waals surface area contributed by atoms with E-state index in [0.717, 1.165) is 0 Å². The molecule has 0 aromatic rings. The lowest BCUT2D eigenvalue weighted by Crippen LogP contribution is -2.65. The van der Waals surface area contributed by atoms with Gasteiger partial charge in [-0.1, -0.05) is 27.4 Å². The predicted molar refractivity (Wildman–Crippen MR) is 88.1 cm³/mol. The van der Waals surface area contributed by atoms with Gasteiger partial charge in [-0.25, -0.2) is 4.79 Å². The molecule has 0 aliphatic rings. The third kappa shape index (κ3) is 4.53. The molecule has 0 aliphatic carbocycles. The summed E-state index contributed by atoms with van der Waals surface area (Å²) in [6.45, 7) is 11.7. The van der Waals surface area contributed by atoms with E-state index in [4.69, 9.17) is 15.2 Å². The van der Waals surface area contributed by atoms with Crippen LogP contribution in [0.5, 0.6) is 0 Å². The normalized spacial score (nSPS) is 16.5. The number of rotatable bonds is 10. The molecule has 8 heteroatoms. The Morgan fingerprint density at radius 2 is 1.74 bits per heavy atom. The minimum Gasteiger partial charge on any atom is -0.415 e. The monoisotopic (exact) mass is 351 g/mol. The highest BCUT2D eigenvalue weighted by atomic mass is 32.2. The number of hydrogen-bond acceptors (Lipinski definition) is 6. The van der Waals surface area contributed by atoms with Crippen LogP contribution in [0.15, 0.2) is 12.2 Å². The van der Waals surface area contributed by atoms with Gasteiger partial charge in [-0.05, 0) is 33.1 Å². The summed E-state index contributed by atoms with van der Waals surface area (Å²) >= 11 is 0. The zero-order valence-electron chi connectivity index (χ0n) is 14.6. The van der Waals surface area contributed by atoms with Crippen LogP contribution in [-0.2, 0) is 24.4 Å². The van der Waals surface area contributed by atoms with Crippen molar-refractivity contribution in [3.63, 3.8) is 0 Å². The van der Waals surface area contributed by atoms with Crippen LogP contribution in [0.4, 0.5) is 0 Å². The third-order valence-corrected chi connectivity index (χ3v) is 5.76. The highest BCUT2D eigenvalue weighted by Crippen LogP contribution is 2.46. The summed E-state index contributed by atoms with van der Waals surface area (Å²) in [5, 5.41) is -1.24. The van der Waals surface area contributed by atoms with Gasteiger partial charge < -0.3 is 9.47 Å². The van der Waals surface area contributed by atoms with Crippen molar-refractivity contribution in [1.82, 2.24) is 0 Å². The molecule has 0 saturated carbocycles. The summed E-state index contributed by atoms with van der Waals surface area (Å²) in [6.07, 6.45) is 0.542. The van der Waals surface area contributed by atoms with Crippen LogP contribution in [-0.4, -0.2) is 36.7 Å². The van der Waals surface area contributed by atoms with Gasteiger partial charge in [0.25, 0.3) is 16.0 Å². The highest BCUT2D eigenvalue weighted by molar-refractivity contribution is 7.86. The molecule has 3 N–H and O–H groups in total. The highest BCUT2D eigenvalue weighted by Gasteiger charge is 2.59. The summed E-state index contributed by atoms with van der Waals surface area (Å²) in [5.41, 5.74) is 5.04. The molecule has 0 aromatic heterocycles. The second-order valence-corrected chi connectivity index (χ2v) is 7.14. The van der Waals surface area contributed by atoms with E-state index in [-0.39, 0.29) is 31.4 Å². The van der Waals surface area contributed by atoms with Crippen LogP contribution >= 0.6 is 0 Å². The lowest BCUT2D eigenvalue weighted by molar-refractivity contribution is -0.283. The topological polar surface area (TPSA) is 116 Å². The van der Waals surface area contributed by atoms with Crippen LogP contribution in [0.25, 0.3) is 0 Å². The van der Waals surface area contributed by atoms with E-state index in [1.54, 1.807) is 27.7 Å². The number of hydrogen-bond donors (Lipinski definition) is 2. The lowest BCUT2D eigenvalue weighted by atomic mass is 9.74. The first-order valence-corrected chi connectivity index (χ1v) is 9.23. The van der Waals surface area contributed by atoms with Gasteiger partial charge in [0.1, 0.15) is 0 Å². The van der Waals surface area contributed by atoms with Crippen LogP contribution < -0.4 is 5.73 Å². The van der Waals surface area contributed by atoms with E-state index in [1.165, 1.54) is 6.92 Å². The average molecular weight is 351 g/mol. The minimum atomic E-state index is -4.43. The zero-order valence-corrected chi connectivity index (χ0v) is 15.4. The second kappa shape index (κ2) is 8.23. The third-order valence-electron chi connectivity index (χ3n) is 4.25. The van der Waals surface area contributed by atoms with Crippen LogP contribution in [0.1, 0.15) is 53.9 Å². The van der Waals surface area contributed by atoms with Crippen molar-refractivity contribution in [2.75, 3.05) is 6.61 Å². The molecule has 2 atom stereocenters. The van der Waals surface area contributed by atoms with Gasteiger partial charge in [-0.2, -0.15) is 8.42 Å². The largest absolute Gasteiger partial charge is 0.415 e. The maximum Gasteiger partial charge on any atom is 0.336 e. The smallest absolute Gasteiger partial charge is 0.336 e. The molecule has 0 saturated heterocycles. The summed E-state index contributed by atoms with van der Waals surface area (Å²) in [7, 11) is -4.43. The standard InChI is InChI=1S/C15H29NO6S/c1-7-12(23(18,19)20)14(8-2,9-3)15(16,21-10-4)22-13(17)11(5)6/h12H,5,7-10,16H2,1-4,6H3,(H,18,19,20). The van der Waals surface area contributed by atoms with E-state index in [2.05, 4.69) is 6.58 Å². The van der Waals surface area contributed by atoms with Gasteiger partial charge in [0.2, 0.25) is 0 Å². The molecule has 23 heavy (non-hydrogen) atoms. The fourth-order valence-corrected chi connectivity index (χ4v) is 4.51. The van der Waals surface area contributed by atoms with Gasteiger partial charge in [0.15, 0.2) is 0 Å². The molecular formula is C15H29NO6S. The molecule has 0 aromatic carbocycles. The maximum atomic E-state index is 12.0. The molecule has 2 unspecified atom stereocenters. The van der Waals surface area contributed by atoms with Gasteiger partial charge in [0, 0.05) is 12.2 Å². The first-order chi connectivity index (χ1) is 10.5. The molecule has 0 amide bonds. The number of esters is 1. The Morgan fingerprint density at radius 3 is 2.00 bits per heavy atom. The lowest BCUT2D eigenvalue weighted by Gasteiger charge is -2.48. The van der Waals surface area contributed by atoms with Crippen molar-refractivity contribution in [3.8, 4) is 0 Å². The van der Waals surface area contributed by atoms with E-state index < -0.39 is 32.7 Å². The molecule has 0 spiro atoms. The molecule has 0 radical (unpaired) electrons. The molecule has 0 heterocycles. The molecule has 0 aliphatic heterocycles. The SMILES string of the molecule is C=C(C)C(=O)OC(N)(OCC)C(CC)(CC)C(CC)S(=O)(=O)O. The molecule has 0 fully saturated rings. The van der Waals surface area contributed by atoms with Crippen LogP contribution in [0, 0.1) is 5.41 Å². The Hall–Kier alpha value is -0.960. The first-order valence-electron chi connectivity index (χ1n) is 7.73. The van der Waals surface area contributed by atoms with E-state index in [0.29, 0.717) is 0 Å². The number of carbonyl (C=O) groups is 1. The average Bonchev–Trinajstić information content (AvgIpc) is 2.42. The van der Waals surface area contributed by atoms with Gasteiger partial charge >= 0.3 is 5.97 Å². The van der Waals surface area contributed by atoms with Crippen molar-refractivity contribution in [1.29, 1.82) is 0 Å². The van der Waals surface area contributed by atoms with Gasteiger partial charge in [-0.15, -0.1) is 0 Å². The van der Waals surface area contributed by atoms with Crippen molar-refractivity contribution in [2.45, 2.75) is 65.0 Å². The summed E-state index contributed by atoms with van der Waals surface area (Å²) in [4.78, 5) is 12.0. The fraction of sp³-hybridized carbons (Fsp3) is 0.800. The van der Waals surface area contributed by atoms with Crippen LogP contribution in [0.3, 0.4) is 0 Å². The number of nitrogens with two attached hydrogens (primary N) is 1. The first kappa shape index (κ1) is 22.0. The Morgan fingerprint density at radius 1 is 1.26 bits per heavy atom.